The Balaban J connectivity index is 1.44. The first kappa shape index (κ1) is 26.6. The third kappa shape index (κ3) is 8.67. The largest absolute Gasteiger partial charge is 0.486 e. The molecule has 1 aliphatic carbocycles. The van der Waals surface area contributed by atoms with E-state index in [1.165, 1.54) is 77.0 Å². The van der Waals surface area contributed by atoms with E-state index in [0.29, 0.717) is 5.92 Å². The standard InChI is InChI=1S/C30H41F3O/c1-2-3-4-5-6-7-9-12-23-15-17-24(18-16-23)19-20-29(25-13-10-8-11-14-25)34-26-21-27(31)30(33)28(32)22-26/h8,10-11,13-14,21-24,29H,2-7,9,12,15-20H2,1H3. The first-order chi connectivity index (χ1) is 16.6. The van der Waals surface area contributed by atoms with Gasteiger partial charge in [0.15, 0.2) is 17.5 Å². The SMILES string of the molecule is CCCCCCCCCC1CCC(CCC(Oc2cc(F)c(F)c(F)c2)c2ccccc2)CC1. The smallest absolute Gasteiger partial charge is 0.194 e. The van der Waals surface area contributed by atoms with Crippen molar-refractivity contribution in [3.05, 3.63) is 65.5 Å². The fraction of sp³-hybridized carbons (Fsp3) is 0.600. The maximum atomic E-state index is 13.7. The van der Waals surface area contributed by atoms with Gasteiger partial charge in [-0.25, -0.2) is 13.2 Å². The summed E-state index contributed by atoms with van der Waals surface area (Å²) in [5.41, 5.74) is 0.972. The number of rotatable bonds is 14. The number of ether oxygens (including phenoxy) is 1. The highest BCUT2D eigenvalue weighted by atomic mass is 19.2. The van der Waals surface area contributed by atoms with Gasteiger partial charge in [0, 0.05) is 12.1 Å². The summed E-state index contributed by atoms with van der Waals surface area (Å²) in [7, 11) is 0. The van der Waals surface area contributed by atoms with Crippen molar-refractivity contribution in [3.8, 4) is 5.75 Å². The average Bonchev–Trinajstić information content (AvgIpc) is 2.85. The molecule has 188 valence electrons. The lowest BCUT2D eigenvalue weighted by Gasteiger charge is -2.30. The molecule has 1 saturated carbocycles. The summed E-state index contributed by atoms with van der Waals surface area (Å²) < 4.78 is 46.7. The molecule has 1 atom stereocenters. The highest BCUT2D eigenvalue weighted by Gasteiger charge is 2.23. The van der Waals surface area contributed by atoms with E-state index in [-0.39, 0.29) is 11.9 Å². The van der Waals surface area contributed by atoms with Crippen molar-refractivity contribution < 1.29 is 17.9 Å². The summed E-state index contributed by atoms with van der Waals surface area (Å²) in [4.78, 5) is 0. The Kier molecular flexibility index (Phi) is 11.3. The van der Waals surface area contributed by atoms with Gasteiger partial charge in [-0.2, -0.15) is 0 Å². The number of unbranched alkanes of at least 4 members (excludes halogenated alkanes) is 6. The summed E-state index contributed by atoms with van der Waals surface area (Å²) in [6.45, 7) is 2.26. The Labute approximate surface area is 204 Å². The molecular weight excluding hydrogens is 433 g/mol. The van der Waals surface area contributed by atoms with E-state index in [1.807, 2.05) is 30.3 Å². The zero-order chi connectivity index (χ0) is 24.2. The predicted molar refractivity (Wildman–Crippen MR) is 133 cm³/mol. The lowest BCUT2D eigenvalue weighted by molar-refractivity contribution is 0.166. The molecule has 4 heteroatoms. The molecule has 2 aromatic carbocycles. The quantitative estimate of drug-likeness (QED) is 0.195. The van der Waals surface area contributed by atoms with E-state index in [0.717, 1.165) is 36.5 Å². The summed E-state index contributed by atoms with van der Waals surface area (Å²) in [5.74, 6) is -2.33. The molecule has 2 aromatic rings. The zero-order valence-corrected chi connectivity index (χ0v) is 20.7. The second-order valence-corrected chi connectivity index (χ2v) is 10.1. The zero-order valence-electron chi connectivity index (χ0n) is 20.7. The van der Waals surface area contributed by atoms with Crippen LogP contribution in [0.15, 0.2) is 42.5 Å². The van der Waals surface area contributed by atoms with Gasteiger partial charge in [0.25, 0.3) is 0 Å². The molecule has 3 rings (SSSR count). The molecule has 34 heavy (non-hydrogen) atoms. The van der Waals surface area contributed by atoms with E-state index in [4.69, 9.17) is 4.74 Å². The summed E-state index contributed by atoms with van der Waals surface area (Å²) in [5, 5.41) is 0. The van der Waals surface area contributed by atoms with Crippen LogP contribution in [0.1, 0.15) is 108 Å². The van der Waals surface area contributed by atoms with Crippen LogP contribution in [0, 0.1) is 29.3 Å². The number of halogens is 3. The van der Waals surface area contributed by atoms with E-state index >= 15 is 0 Å². The molecule has 0 spiro atoms. The molecule has 0 heterocycles. The highest BCUT2D eigenvalue weighted by molar-refractivity contribution is 5.27. The third-order valence-corrected chi connectivity index (χ3v) is 7.43. The molecule has 0 aliphatic heterocycles. The third-order valence-electron chi connectivity index (χ3n) is 7.43. The lowest BCUT2D eigenvalue weighted by Crippen LogP contribution is -2.17. The van der Waals surface area contributed by atoms with Gasteiger partial charge in [-0.05, 0) is 30.2 Å². The van der Waals surface area contributed by atoms with Gasteiger partial charge < -0.3 is 4.74 Å². The van der Waals surface area contributed by atoms with Crippen molar-refractivity contribution in [1.82, 2.24) is 0 Å². The summed E-state index contributed by atoms with van der Waals surface area (Å²) in [6, 6.07) is 11.6. The molecule has 1 aliphatic rings. The van der Waals surface area contributed by atoms with E-state index in [1.54, 1.807) is 0 Å². The maximum Gasteiger partial charge on any atom is 0.194 e. The number of hydrogen-bond acceptors (Lipinski definition) is 1. The van der Waals surface area contributed by atoms with Crippen LogP contribution < -0.4 is 4.74 Å². The second kappa shape index (κ2) is 14.4. The predicted octanol–water partition coefficient (Wildman–Crippen LogP) is 9.95. The molecular formula is C30H41F3O. The minimum absolute atomic E-state index is 0.0312. The van der Waals surface area contributed by atoms with Crippen LogP contribution in [0.4, 0.5) is 13.2 Å². The Morgan fingerprint density at radius 3 is 1.94 bits per heavy atom. The molecule has 0 saturated heterocycles. The highest BCUT2D eigenvalue weighted by Crippen LogP contribution is 2.37. The van der Waals surface area contributed by atoms with Crippen molar-refractivity contribution in [3.63, 3.8) is 0 Å². The van der Waals surface area contributed by atoms with Crippen LogP contribution in [-0.4, -0.2) is 0 Å². The summed E-state index contributed by atoms with van der Waals surface area (Å²) in [6.07, 6.45) is 17.6. The summed E-state index contributed by atoms with van der Waals surface area (Å²) >= 11 is 0. The molecule has 0 amide bonds. The fourth-order valence-electron chi connectivity index (χ4n) is 5.31. The van der Waals surface area contributed by atoms with Crippen LogP contribution in [0.25, 0.3) is 0 Å². The van der Waals surface area contributed by atoms with Crippen molar-refractivity contribution in [2.45, 2.75) is 103 Å². The average molecular weight is 475 g/mol. The molecule has 0 N–H and O–H groups in total. The fourth-order valence-corrected chi connectivity index (χ4v) is 5.31. The lowest BCUT2D eigenvalue weighted by atomic mass is 9.77. The Hall–Kier alpha value is -1.97. The van der Waals surface area contributed by atoms with Crippen LogP contribution in [0.2, 0.25) is 0 Å². The van der Waals surface area contributed by atoms with Gasteiger partial charge >= 0.3 is 0 Å². The number of benzene rings is 2. The molecule has 1 unspecified atom stereocenters. The Morgan fingerprint density at radius 1 is 0.765 bits per heavy atom. The molecule has 1 fully saturated rings. The minimum atomic E-state index is -1.46. The van der Waals surface area contributed by atoms with Crippen molar-refractivity contribution >= 4 is 0 Å². The minimum Gasteiger partial charge on any atom is -0.486 e. The van der Waals surface area contributed by atoms with Gasteiger partial charge in [0.05, 0.1) is 0 Å². The first-order valence-electron chi connectivity index (χ1n) is 13.4. The van der Waals surface area contributed by atoms with Crippen LogP contribution >= 0.6 is 0 Å². The molecule has 0 aromatic heterocycles. The van der Waals surface area contributed by atoms with E-state index in [2.05, 4.69) is 6.92 Å². The van der Waals surface area contributed by atoms with Crippen molar-refractivity contribution in [2.75, 3.05) is 0 Å². The monoisotopic (exact) mass is 474 g/mol. The second-order valence-electron chi connectivity index (χ2n) is 10.1. The maximum absolute atomic E-state index is 13.7. The topological polar surface area (TPSA) is 9.23 Å². The molecule has 0 radical (unpaired) electrons. The first-order valence-corrected chi connectivity index (χ1v) is 13.4. The normalized spacial score (nSPS) is 19.2. The van der Waals surface area contributed by atoms with Gasteiger partial charge in [0.1, 0.15) is 11.9 Å². The van der Waals surface area contributed by atoms with Gasteiger partial charge in [-0.3, -0.25) is 0 Å². The Bertz CT molecular complexity index is 807. The van der Waals surface area contributed by atoms with Crippen LogP contribution in [0.5, 0.6) is 5.75 Å². The van der Waals surface area contributed by atoms with Gasteiger partial charge in [-0.1, -0.05) is 114 Å². The van der Waals surface area contributed by atoms with Crippen LogP contribution in [0.3, 0.4) is 0 Å². The van der Waals surface area contributed by atoms with E-state index < -0.39 is 17.5 Å². The molecule has 0 bridgehead atoms. The number of hydrogen-bond donors (Lipinski definition) is 0. The molecule has 1 nitrogen and oxygen atoms in total. The Morgan fingerprint density at radius 2 is 1.32 bits per heavy atom. The van der Waals surface area contributed by atoms with Crippen LogP contribution in [-0.2, 0) is 0 Å². The van der Waals surface area contributed by atoms with E-state index in [9.17, 15) is 13.2 Å². The van der Waals surface area contributed by atoms with Gasteiger partial charge in [0.2, 0.25) is 0 Å². The van der Waals surface area contributed by atoms with Crippen molar-refractivity contribution in [2.24, 2.45) is 11.8 Å². The van der Waals surface area contributed by atoms with Crippen molar-refractivity contribution in [1.29, 1.82) is 0 Å². The van der Waals surface area contributed by atoms with Gasteiger partial charge in [-0.15, -0.1) is 0 Å².